The molecule has 6 nitrogen and oxygen atoms in total. The number of rotatable bonds is 6. The number of carboxylic acids is 2. The van der Waals surface area contributed by atoms with Gasteiger partial charge in [-0.1, -0.05) is 68.3 Å². The number of aromatic carboxylic acids is 2. The van der Waals surface area contributed by atoms with Crippen LogP contribution in [-0.2, 0) is 12.8 Å². The van der Waals surface area contributed by atoms with Crippen LogP contribution in [0.15, 0.2) is 80.4 Å². The van der Waals surface area contributed by atoms with Gasteiger partial charge < -0.3 is 20.2 Å². The fourth-order valence-electron chi connectivity index (χ4n) is 3.09. The van der Waals surface area contributed by atoms with Crippen molar-refractivity contribution in [3.8, 4) is 0 Å². The lowest BCUT2D eigenvalue weighted by Crippen LogP contribution is -1.95. The predicted molar refractivity (Wildman–Crippen MR) is 137 cm³/mol. The molecule has 4 aromatic rings. The Bertz CT molecular complexity index is 1280. The second-order valence-electron chi connectivity index (χ2n) is 7.09. The van der Waals surface area contributed by atoms with Gasteiger partial charge >= 0.3 is 11.9 Å². The highest BCUT2D eigenvalue weighted by atomic mass is 79.9. The second-order valence-corrected chi connectivity index (χ2v) is 9.59. The van der Waals surface area contributed by atoms with Gasteiger partial charge in [-0.25, -0.2) is 9.59 Å². The molecular weight excluding hydrogens is 620 g/mol. The lowest BCUT2D eigenvalue weighted by atomic mass is 10.1. The SMILES string of the molecule is O=C(O)c1cc(Cc2ccccc2Br)c(Br)[nH]1.O=C(O)c1cc(Cc2ccccc2Br)c[nH]1. The number of aromatic amines is 2. The lowest BCUT2D eigenvalue weighted by molar-refractivity contribution is 0.0680. The van der Waals surface area contributed by atoms with Crippen LogP contribution in [0.4, 0.5) is 0 Å². The third kappa shape index (κ3) is 6.93. The zero-order chi connectivity index (χ0) is 24.0. The molecule has 0 bridgehead atoms. The Morgan fingerprint density at radius 2 is 1.27 bits per heavy atom. The molecule has 2 aromatic carbocycles. The number of H-pyrrole nitrogens is 2. The Morgan fingerprint density at radius 3 is 1.76 bits per heavy atom. The zero-order valence-electron chi connectivity index (χ0n) is 17.1. The average Bonchev–Trinajstić information content (AvgIpc) is 3.39. The molecule has 170 valence electrons. The smallest absolute Gasteiger partial charge is 0.352 e. The maximum atomic E-state index is 10.8. The van der Waals surface area contributed by atoms with E-state index in [0.29, 0.717) is 17.4 Å². The summed E-state index contributed by atoms with van der Waals surface area (Å²) in [5.74, 6) is -1.89. The molecule has 0 amide bonds. The van der Waals surface area contributed by atoms with Crippen LogP contribution < -0.4 is 0 Å². The van der Waals surface area contributed by atoms with E-state index in [1.54, 1.807) is 18.3 Å². The van der Waals surface area contributed by atoms with Gasteiger partial charge in [0.25, 0.3) is 0 Å². The Labute approximate surface area is 215 Å². The highest BCUT2D eigenvalue weighted by Crippen LogP contribution is 2.25. The molecule has 4 rings (SSSR count). The summed E-state index contributed by atoms with van der Waals surface area (Å²) >= 11 is 10.3. The van der Waals surface area contributed by atoms with E-state index in [1.165, 1.54) is 0 Å². The molecule has 0 unspecified atom stereocenters. The molecule has 0 saturated heterocycles. The van der Waals surface area contributed by atoms with Gasteiger partial charge in [0.1, 0.15) is 11.4 Å². The molecular formula is C24H19Br3N2O4. The molecule has 0 aliphatic heterocycles. The number of aromatic nitrogens is 2. The lowest BCUT2D eigenvalue weighted by Gasteiger charge is -2.02. The predicted octanol–water partition coefficient (Wildman–Crippen LogP) is 6.89. The number of carboxylic acid groups (broad SMARTS) is 2. The van der Waals surface area contributed by atoms with Crippen molar-refractivity contribution in [2.75, 3.05) is 0 Å². The summed E-state index contributed by atoms with van der Waals surface area (Å²) in [5.41, 5.74) is 4.56. The van der Waals surface area contributed by atoms with Gasteiger partial charge in [0.15, 0.2) is 0 Å². The van der Waals surface area contributed by atoms with Crippen LogP contribution in [0.5, 0.6) is 0 Å². The van der Waals surface area contributed by atoms with Gasteiger partial charge in [-0.05, 0) is 62.4 Å². The number of hydrogen-bond acceptors (Lipinski definition) is 2. The molecule has 9 heteroatoms. The van der Waals surface area contributed by atoms with E-state index in [1.807, 2.05) is 48.5 Å². The minimum absolute atomic E-state index is 0.193. The van der Waals surface area contributed by atoms with Crippen molar-refractivity contribution >= 4 is 59.7 Å². The third-order valence-corrected chi connectivity index (χ3v) is 6.99. The fourth-order valence-corrected chi connectivity index (χ4v) is 4.41. The van der Waals surface area contributed by atoms with E-state index >= 15 is 0 Å². The summed E-state index contributed by atoms with van der Waals surface area (Å²) in [6, 6.07) is 19.1. The number of nitrogens with one attached hydrogen (secondary N) is 2. The van der Waals surface area contributed by atoms with Gasteiger partial charge in [-0.15, -0.1) is 0 Å². The topological polar surface area (TPSA) is 106 Å². The first-order chi connectivity index (χ1) is 15.7. The van der Waals surface area contributed by atoms with Gasteiger partial charge in [0.05, 0.1) is 4.60 Å². The van der Waals surface area contributed by atoms with Gasteiger partial charge in [0.2, 0.25) is 0 Å². The molecule has 33 heavy (non-hydrogen) atoms. The van der Waals surface area contributed by atoms with Crippen molar-refractivity contribution in [1.29, 1.82) is 0 Å². The van der Waals surface area contributed by atoms with E-state index < -0.39 is 11.9 Å². The average molecular weight is 639 g/mol. The highest BCUT2D eigenvalue weighted by molar-refractivity contribution is 9.11. The molecule has 0 saturated carbocycles. The van der Waals surface area contributed by atoms with Crippen LogP contribution >= 0.6 is 47.8 Å². The fraction of sp³-hybridized carbons (Fsp3) is 0.0833. The summed E-state index contributed by atoms with van der Waals surface area (Å²) < 4.78 is 2.77. The van der Waals surface area contributed by atoms with Crippen LogP contribution in [0.2, 0.25) is 0 Å². The monoisotopic (exact) mass is 636 g/mol. The van der Waals surface area contributed by atoms with Crippen LogP contribution in [0, 0.1) is 0 Å². The summed E-state index contributed by atoms with van der Waals surface area (Å²) in [4.78, 5) is 27.0. The molecule has 0 spiro atoms. The highest BCUT2D eigenvalue weighted by Gasteiger charge is 2.12. The van der Waals surface area contributed by atoms with Crippen molar-refractivity contribution < 1.29 is 19.8 Å². The standard InChI is InChI=1S/C12H9Br2NO2.C12H10BrNO2/c13-9-4-2-1-3-7(9)5-8-6-10(12(16)17)15-11(8)14;13-10-4-2-1-3-9(10)5-8-6-11(12(15)16)14-7-8/h1-4,6,15H,5H2,(H,16,17);1-4,6-7,14H,5H2,(H,15,16). The Kier molecular flexibility index (Phi) is 8.71. The van der Waals surface area contributed by atoms with E-state index in [4.69, 9.17) is 10.2 Å². The second kappa shape index (κ2) is 11.5. The zero-order valence-corrected chi connectivity index (χ0v) is 21.9. The van der Waals surface area contributed by atoms with Crippen LogP contribution in [0.1, 0.15) is 43.2 Å². The number of hydrogen-bond donors (Lipinski definition) is 4. The number of halogens is 3. The van der Waals surface area contributed by atoms with Crippen molar-refractivity contribution in [3.63, 3.8) is 0 Å². The van der Waals surface area contributed by atoms with Crippen molar-refractivity contribution in [2.24, 2.45) is 0 Å². The van der Waals surface area contributed by atoms with E-state index in [0.717, 1.165) is 31.2 Å². The van der Waals surface area contributed by atoms with Gasteiger partial charge in [0, 0.05) is 28.0 Å². The van der Waals surface area contributed by atoms with Gasteiger partial charge in [-0.2, -0.15) is 0 Å². The van der Waals surface area contributed by atoms with Crippen LogP contribution in [0.25, 0.3) is 0 Å². The molecule has 0 radical (unpaired) electrons. The van der Waals surface area contributed by atoms with Crippen molar-refractivity contribution in [3.05, 3.63) is 114 Å². The first-order valence-corrected chi connectivity index (χ1v) is 12.1. The Hall–Kier alpha value is -2.62. The molecule has 0 aliphatic rings. The molecule has 2 heterocycles. The summed E-state index contributed by atoms with van der Waals surface area (Å²) in [6.07, 6.45) is 3.11. The molecule has 0 fully saturated rings. The Balaban J connectivity index is 0.000000186. The van der Waals surface area contributed by atoms with E-state index in [9.17, 15) is 9.59 Å². The maximum Gasteiger partial charge on any atom is 0.352 e. The maximum absolute atomic E-state index is 10.8. The minimum Gasteiger partial charge on any atom is -0.477 e. The molecule has 2 aromatic heterocycles. The quantitative estimate of drug-likeness (QED) is 0.184. The van der Waals surface area contributed by atoms with Crippen molar-refractivity contribution in [2.45, 2.75) is 12.8 Å². The summed E-state index contributed by atoms with van der Waals surface area (Å²) in [7, 11) is 0. The van der Waals surface area contributed by atoms with Crippen LogP contribution in [0.3, 0.4) is 0 Å². The van der Waals surface area contributed by atoms with E-state index in [-0.39, 0.29) is 11.4 Å². The first-order valence-electron chi connectivity index (χ1n) is 9.72. The normalized spacial score (nSPS) is 10.4. The molecule has 0 aliphatic carbocycles. The molecule has 0 atom stereocenters. The number of carbonyl (C=O) groups is 2. The number of benzene rings is 2. The van der Waals surface area contributed by atoms with Crippen LogP contribution in [-0.4, -0.2) is 32.1 Å². The summed E-state index contributed by atoms with van der Waals surface area (Å²) in [5, 5.41) is 17.7. The first kappa shape index (κ1) is 25.0. The van der Waals surface area contributed by atoms with Gasteiger partial charge in [-0.3, -0.25) is 0 Å². The Morgan fingerprint density at radius 1 is 0.727 bits per heavy atom. The van der Waals surface area contributed by atoms with E-state index in [2.05, 4.69) is 57.8 Å². The third-order valence-electron chi connectivity index (χ3n) is 4.74. The van der Waals surface area contributed by atoms with Crippen molar-refractivity contribution in [1.82, 2.24) is 9.97 Å². The minimum atomic E-state index is -0.955. The summed E-state index contributed by atoms with van der Waals surface area (Å²) in [6.45, 7) is 0. The largest absolute Gasteiger partial charge is 0.477 e. The molecule has 4 N–H and O–H groups in total.